The third kappa shape index (κ3) is 6.48. The van der Waals surface area contributed by atoms with E-state index in [0.29, 0.717) is 24.9 Å². The Morgan fingerprint density at radius 2 is 1.87 bits per heavy atom. The maximum atomic E-state index is 13.9. The average molecular weight is 622 g/mol. The van der Waals surface area contributed by atoms with Crippen molar-refractivity contribution in [3.8, 4) is 5.75 Å². The van der Waals surface area contributed by atoms with Crippen molar-refractivity contribution < 1.29 is 27.5 Å². The fourth-order valence-corrected chi connectivity index (χ4v) is 6.51. The van der Waals surface area contributed by atoms with E-state index >= 15 is 0 Å². The molecule has 10 nitrogen and oxygen atoms in total. The Hall–Kier alpha value is -4.52. The lowest BCUT2D eigenvalue weighted by molar-refractivity contribution is -0.142. The molecule has 45 heavy (non-hydrogen) atoms. The molecule has 1 unspecified atom stereocenters. The van der Waals surface area contributed by atoms with Crippen LogP contribution in [0, 0.1) is 5.92 Å². The van der Waals surface area contributed by atoms with Crippen molar-refractivity contribution in [1.82, 2.24) is 35.5 Å². The van der Waals surface area contributed by atoms with E-state index in [4.69, 9.17) is 4.74 Å². The number of halogens is 3. The van der Waals surface area contributed by atoms with Gasteiger partial charge in [-0.3, -0.25) is 14.6 Å². The Bertz CT molecular complexity index is 1690. The first-order chi connectivity index (χ1) is 21.6. The van der Waals surface area contributed by atoms with Gasteiger partial charge >= 0.3 is 6.18 Å². The summed E-state index contributed by atoms with van der Waals surface area (Å²) in [6, 6.07) is 14.8. The number of benzene rings is 2. The van der Waals surface area contributed by atoms with Crippen LogP contribution >= 0.6 is 0 Å². The number of nitrogens with zero attached hydrogens (tertiary/aromatic N) is 5. The lowest BCUT2D eigenvalue weighted by atomic mass is 9.94. The molecule has 2 amide bonds. The molecule has 0 bridgehead atoms. The average Bonchev–Trinajstić information content (AvgIpc) is 3.79. The molecule has 4 aromatic rings. The minimum atomic E-state index is -4.59. The second kappa shape index (κ2) is 12.5. The first kappa shape index (κ1) is 30.5. The monoisotopic (exact) mass is 621 g/mol. The van der Waals surface area contributed by atoms with E-state index in [-0.39, 0.29) is 42.8 Å². The molecular formula is C32H34F3N7O3. The Morgan fingerprint density at radius 1 is 1.09 bits per heavy atom. The van der Waals surface area contributed by atoms with Crippen molar-refractivity contribution in [3.63, 3.8) is 0 Å². The van der Waals surface area contributed by atoms with Gasteiger partial charge in [0.2, 0.25) is 11.8 Å². The minimum Gasteiger partial charge on any atom is -0.497 e. The maximum Gasteiger partial charge on any atom is 0.433 e. The van der Waals surface area contributed by atoms with Gasteiger partial charge in [0.1, 0.15) is 23.0 Å². The van der Waals surface area contributed by atoms with Crippen molar-refractivity contribution in [2.45, 2.75) is 50.0 Å². The molecule has 236 valence electrons. The van der Waals surface area contributed by atoms with Crippen molar-refractivity contribution >= 4 is 22.8 Å². The normalized spacial score (nSPS) is 21.8. The Morgan fingerprint density at radius 3 is 2.62 bits per heavy atom. The first-order valence-corrected chi connectivity index (χ1v) is 14.9. The highest BCUT2D eigenvalue weighted by molar-refractivity contribution is 5.91. The second-order valence-electron chi connectivity index (χ2n) is 11.7. The number of carbonyl (C=O) groups excluding carboxylic acids is 2. The quantitative estimate of drug-likeness (QED) is 0.309. The van der Waals surface area contributed by atoms with E-state index in [9.17, 15) is 22.8 Å². The minimum absolute atomic E-state index is 0.0152. The van der Waals surface area contributed by atoms with Crippen LogP contribution in [0.5, 0.6) is 5.75 Å². The number of hydrogen-bond donors (Lipinski definition) is 2. The van der Waals surface area contributed by atoms with E-state index in [1.165, 1.54) is 12.1 Å². The lowest BCUT2D eigenvalue weighted by Gasteiger charge is -2.27. The molecule has 6 rings (SSSR count). The predicted molar refractivity (Wildman–Crippen MR) is 159 cm³/mol. The van der Waals surface area contributed by atoms with Gasteiger partial charge in [0, 0.05) is 38.8 Å². The summed E-state index contributed by atoms with van der Waals surface area (Å²) in [7, 11) is 3.40. The Labute approximate surface area is 257 Å². The summed E-state index contributed by atoms with van der Waals surface area (Å²) in [4.78, 5) is 32.8. The molecule has 0 aliphatic carbocycles. The molecule has 4 atom stereocenters. The molecule has 0 spiro atoms. The molecular weight excluding hydrogens is 587 g/mol. The zero-order chi connectivity index (χ0) is 31.7. The summed E-state index contributed by atoms with van der Waals surface area (Å²) in [5.74, 6) is -0.344. The molecule has 13 heteroatoms. The predicted octanol–water partition coefficient (Wildman–Crippen LogP) is 3.61. The molecule has 2 aliphatic rings. The van der Waals surface area contributed by atoms with Crippen LogP contribution in [0.25, 0.3) is 11.0 Å². The number of nitrogens with one attached hydrogen (secondary N) is 2. The van der Waals surface area contributed by atoms with Crippen molar-refractivity contribution in [2.75, 3.05) is 20.2 Å². The van der Waals surface area contributed by atoms with Crippen LogP contribution in [-0.2, 0) is 35.8 Å². The first-order valence-electron chi connectivity index (χ1n) is 14.9. The molecule has 0 saturated carbocycles. The molecule has 2 saturated heterocycles. The number of amides is 2. The molecule has 2 N–H and O–H groups in total. The molecule has 4 heterocycles. The van der Waals surface area contributed by atoms with Crippen molar-refractivity contribution in [1.29, 1.82) is 0 Å². The highest BCUT2D eigenvalue weighted by Crippen LogP contribution is 2.37. The van der Waals surface area contributed by atoms with Crippen LogP contribution in [0.3, 0.4) is 0 Å². The van der Waals surface area contributed by atoms with Crippen LogP contribution < -0.4 is 15.4 Å². The lowest BCUT2D eigenvalue weighted by Crippen LogP contribution is -2.51. The SMILES string of the molecule is COc1ccc(C[C@@H]2C[C@@H](C(=O)NCc3ccc4c(c3)nnn4C)N(C(=O)[C@H]3CC(c4cccnc4C(F)(F)F)CN3)C2)cc1. The second-order valence-corrected chi connectivity index (χ2v) is 11.7. The summed E-state index contributed by atoms with van der Waals surface area (Å²) < 4.78 is 47.9. The Balaban J connectivity index is 1.18. The number of aryl methyl sites for hydroxylation is 1. The van der Waals surface area contributed by atoms with Crippen molar-refractivity contribution in [2.24, 2.45) is 13.0 Å². The number of carbonyl (C=O) groups is 2. The highest BCUT2D eigenvalue weighted by atomic mass is 19.4. The van der Waals surface area contributed by atoms with Crippen LogP contribution in [0.4, 0.5) is 13.2 Å². The van der Waals surface area contributed by atoms with Gasteiger partial charge in [0.05, 0.1) is 18.7 Å². The number of alkyl halides is 3. The number of ether oxygens (including phenoxy) is 1. The fourth-order valence-electron chi connectivity index (χ4n) is 6.51. The van der Waals surface area contributed by atoms with Gasteiger partial charge in [-0.25, -0.2) is 4.68 Å². The third-order valence-corrected chi connectivity index (χ3v) is 8.77. The zero-order valence-corrected chi connectivity index (χ0v) is 24.9. The number of pyridine rings is 1. The summed E-state index contributed by atoms with van der Waals surface area (Å²) in [5, 5.41) is 14.3. The van der Waals surface area contributed by atoms with Crippen molar-refractivity contribution in [3.05, 3.63) is 83.2 Å². The van der Waals surface area contributed by atoms with Crippen LogP contribution in [0.2, 0.25) is 0 Å². The molecule has 2 aromatic carbocycles. The summed E-state index contributed by atoms with van der Waals surface area (Å²) in [5.41, 5.74) is 2.63. The number of methoxy groups -OCH3 is 1. The third-order valence-electron chi connectivity index (χ3n) is 8.77. The Kier molecular flexibility index (Phi) is 8.45. The molecule has 2 aliphatic heterocycles. The maximum absolute atomic E-state index is 13.9. The van der Waals surface area contributed by atoms with E-state index < -0.39 is 29.9 Å². The number of likely N-dealkylation sites (tertiary alicyclic amines) is 1. The van der Waals surface area contributed by atoms with Gasteiger partial charge in [0.15, 0.2) is 0 Å². The zero-order valence-electron chi connectivity index (χ0n) is 24.9. The molecule has 0 radical (unpaired) electrons. The topological polar surface area (TPSA) is 114 Å². The number of fused-ring (bicyclic) bond motifs is 1. The largest absolute Gasteiger partial charge is 0.497 e. The highest BCUT2D eigenvalue weighted by Gasteiger charge is 2.45. The number of hydrogen-bond acceptors (Lipinski definition) is 7. The number of aromatic nitrogens is 4. The fraction of sp³-hybridized carbons (Fsp3) is 0.406. The van der Waals surface area contributed by atoms with Crippen LogP contribution in [0.1, 0.15) is 41.1 Å². The van der Waals surface area contributed by atoms with Crippen LogP contribution in [0.15, 0.2) is 60.8 Å². The van der Waals surface area contributed by atoms with Gasteiger partial charge in [-0.05, 0) is 72.2 Å². The summed E-state index contributed by atoms with van der Waals surface area (Å²) >= 11 is 0. The number of rotatable bonds is 8. The van der Waals surface area contributed by atoms with Gasteiger partial charge in [-0.2, -0.15) is 13.2 Å². The van der Waals surface area contributed by atoms with Gasteiger partial charge in [0.25, 0.3) is 0 Å². The molecule has 2 fully saturated rings. The van der Waals surface area contributed by atoms with E-state index in [1.807, 2.05) is 42.5 Å². The van der Waals surface area contributed by atoms with Gasteiger partial charge in [-0.1, -0.05) is 29.5 Å². The standard InChI is InChI=1S/C32H34F3N7O3/c1-41-27-10-7-20(13-25(27)39-40-41)16-38-30(43)28-14-21(12-19-5-8-23(45-2)9-6-19)18-42(28)31(44)26-15-22(17-37-26)24-4-3-11-36-29(24)32(33,34)35/h3-11,13,21-22,26,28,37H,12,14-18H2,1-2H3,(H,38,43)/t21-,22?,26-,28+/m1/s1. The van der Waals surface area contributed by atoms with Crippen LogP contribution in [-0.4, -0.2) is 69.0 Å². The smallest absolute Gasteiger partial charge is 0.433 e. The van der Waals surface area contributed by atoms with E-state index in [2.05, 4.69) is 25.9 Å². The summed E-state index contributed by atoms with van der Waals surface area (Å²) in [6.07, 6.45) is -2.17. The van der Waals surface area contributed by atoms with Gasteiger partial charge in [-0.15, -0.1) is 5.10 Å². The van der Waals surface area contributed by atoms with E-state index in [0.717, 1.165) is 28.6 Å². The summed E-state index contributed by atoms with van der Waals surface area (Å²) in [6.45, 7) is 0.812. The van der Waals surface area contributed by atoms with E-state index in [1.54, 1.807) is 23.7 Å². The van der Waals surface area contributed by atoms with Gasteiger partial charge < -0.3 is 20.3 Å². The molecule has 2 aromatic heterocycles.